The fourth-order valence-corrected chi connectivity index (χ4v) is 1.74. The minimum absolute atomic E-state index is 0.0352. The zero-order valence-electron chi connectivity index (χ0n) is 9.30. The summed E-state index contributed by atoms with van der Waals surface area (Å²) in [7, 11) is 0. The Hall–Kier alpha value is -1.82. The van der Waals surface area contributed by atoms with Gasteiger partial charge in [-0.05, 0) is 18.9 Å². The van der Waals surface area contributed by atoms with Crippen molar-refractivity contribution >= 4 is 11.4 Å². The number of hydrogen-bond donors (Lipinski definition) is 1. The van der Waals surface area contributed by atoms with Crippen LogP contribution in [0.25, 0.3) is 0 Å². The van der Waals surface area contributed by atoms with Crippen LogP contribution in [0.2, 0.25) is 0 Å². The number of rotatable bonds is 4. The molecule has 1 atom stereocenters. The van der Waals surface area contributed by atoms with Gasteiger partial charge in [0.1, 0.15) is 12.4 Å². The first-order chi connectivity index (χ1) is 8.16. The van der Waals surface area contributed by atoms with Gasteiger partial charge in [0, 0.05) is 18.7 Å². The Bertz CT molecular complexity index is 416. The smallest absolute Gasteiger partial charge is 0.271 e. The maximum Gasteiger partial charge on any atom is 0.271 e. The molecule has 0 aromatic heterocycles. The van der Waals surface area contributed by atoms with Gasteiger partial charge in [0.15, 0.2) is 0 Å². The summed E-state index contributed by atoms with van der Waals surface area (Å²) in [4.78, 5) is 10.0. The van der Waals surface area contributed by atoms with Crippen LogP contribution in [0.1, 0.15) is 12.8 Å². The van der Waals surface area contributed by atoms with Gasteiger partial charge in [-0.3, -0.25) is 10.1 Å². The lowest BCUT2D eigenvalue weighted by molar-refractivity contribution is -0.384. The monoisotopic (exact) mass is 238 g/mol. The number of nitrogens with zero attached hydrogens (tertiary/aromatic N) is 1. The van der Waals surface area contributed by atoms with Crippen molar-refractivity contribution in [2.24, 2.45) is 0 Å². The summed E-state index contributed by atoms with van der Waals surface area (Å²) in [5.74, 6) is 0.464. The molecule has 1 heterocycles. The zero-order valence-corrected chi connectivity index (χ0v) is 9.30. The van der Waals surface area contributed by atoms with Crippen LogP contribution in [0.3, 0.4) is 0 Å². The van der Waals surface area contributed by atoms with Gasteiger partial charge in [0.25, 0.3) is 5.69 Å². The second-order valence-electron chi connectivity index (χ2n) is 3.93. The molecule has 0 saturated carbocycles. The summed E-state index contributed by atoms with van der Waals surface area (Å²) in [6.07, 6.45) is 2.13. The largest absolute Gasteiger partial charge is 0.489 e. The van der Waals surface area contributed by atoms with E-state index in [4.69, 9.17) is 15.2 Å². The topological polar surface area (TPSA) is 87.6 Å². The number of nitrogen functional groups attached to an aromatic ring is 1. The summed E-state index contributed by atoms with van der Waals surface area (Å²) in [6.45, 7) is 1.20. The molecule has 0 bridgehead atoms. The number of ether oxygens (including phenoxy) is 2. The molecule has 1 aliphatic heterocycles. The third-order valence-corrected chi connectivity index (χ3v) is 2.65. The standard InChI is InChI=1S/C11H14N2O4/c12-10-6-8(13(14)15)3-4-11(10)17-7-9-2-1-5-16-9/h3-4,6,9H,1-2,5,7,12H2. The molecule has 6 heteroatoms. The second-order valence-corrected chi connectivity index (χ2v) is 3.93. The van der Waals surface area contributed by atoms with Gasteiger partial charge in [-0.15, -0.1) is 0 Å². The van der Waals surface area contributed by atoms with Crippen LogP contribution in [0.4, 0.5) is 11.4 Å². The first-order valence-electron chi connectivity index (χ1n) is 5.45. The van der Waals surface area contributed by atoms with Crippen LogP contribution in [0.15, 0.2) is 18.2 Å². The Kier molecular flexibility index (Phi) is 3.43. The van der Waals surface area contributed by atoms with Crippen LogP contribution in [0, 0.1) is 10.1 Å². The molecule has 1 aliphatic rings. The third kappa shape index (κ3) is 2.85. The van der Waals surface area contributed by atoms with Crippen LogP contribution in [0.5, 0.6) is 5.75 Å². The fourth-order valence-electron chi connectivity index (χ4n) is 1.74. The van der Waals surface area contributed by atoms with Gasteiger partial charge in [0.05, 0.1) is 16.7 Å². The quantitative estimate of drug-likeness (QED) is 0.490. The molecule has 0 amide bonds. The number of anilines is 1. The highest BCUT2D eigenvalue weighted by molar-refractivity contribution is 5.58. The van der Waals surface area contributed by atoms with Crippen molar-refractivity contribution in [3.8, 4) is 5.75 Å². The Morgan fingerprint density at radius 1 is 1.59 bits per heavy atom. The summed E-state index contributed by atoms with van der Waals surface area (Å²) in [5, 5.41) is 10.5. The van der Waals surface area contributed by atoms with E-state index in [9.17, 15) is 10.1 Å². The van der Waals surface area contributed by atoms with E-state index in [0.717, 1.165) is 19.4 Å². The number of benzene rings is 1. The second kappa shape index (κ2) is 5.01. The third-order valence-electron chi connectivity index (χ3n) is 2.65. The van der Waals surface area contributed by atoms with E-state index in [1.54, 1.807) is 0 Å². The maximum absolute atomic E-state index is 10.5. The Balaban J connectivity index is 1.98. The molecular formula is C11H14N2O4. The van der Waals surface area contributed by atoms with Crippen LogP contribution >= 0.6 is 0 Å². The predicted octanol–water partition coefficient (Wildman–Crippen LogP) is 1.73. The zero-order chi connectivity index (χ0) is 12.3. The number of nitro benzene ring substituents is 1. The van der Waals surface area contributed by atoms with Crippen molar-refractivity contribution in [2.75, 3.05) is 18.9 Å². The molecule has 2 rings (SSSR count). The minimum Gasteiger partial charge on any atom is -0.489 e. The van der Waals surface area contributed by atoms with Crippen molar-refractivity contribution < 1.29 is 14.4 Å². The highest BCUT2D eigenvalue weighted by atomic mass is 16.6. The van der Waals surface area contributed by atoms with Gasteiger partial charge in [-0.25, -0.2) is 0 Å². The van der Waals surface area contributed by atoms with Crippen LogP contribution < -0.4 is 10.5 Å². The van der Waals surface area contributed by atoms with E-state index in [-0.39, 0.29) is 17.5 Å². The lowest BCUT2D eigenvalue weighted by Crippen LogP contribution is -2.16. The maximum atomic E-state index is 10.5. The Labute approximate surface area is 98.5 Å². The SMILES string of the molecule is Nc1cc([N+](=O)[O-])ccc1OCC1CCCO1. The molecule has 0 radical (unpaired) electrons. The average molecular weight is 238 g/mol. The summed E-state index contributed by atoms with van der Waals surface area (Å²) in [6, 6.07) is 4.19. The first-order valence-corrected chi connectivity index (χ1v) is 5.45. The van der Waals surface area contributed by atoms with Gasteiger partial charge < -0.3 is 15.2 Å². The molecule has 1 saturated heterocycles. The van der Waals surface area contributed by atoms with E-state index in [0.29, 0.717) is 12.4 Å². The van der Waals surface area contributed by atoms with E-state index < -0.39 is 4.92 Å². The molecule has 0 aliphatic carbocycles. The van der Waals surface area contributed by atoms with Crippen LogP contribution in [-0.4, -0.2) is 24.2 Å². The lowest BCUT2D eigenvalue weighted by atomic mass is 10.2. The molecule has 92 valence electrons. The molecular weight excluding hydrogens is 224 g/mol. The van der Waals surface area contributed by atoms with Gasteiger partial charge in [-0.2, -0.15) is 0 Å². The van der Waals surface area contributed by atoms with Gasteiger partial charge >= 0.3 is 0 Å². The summed E-state index contributed by atoms with van der Waals surface area (Å²) in [5.41, 5.74) is 5.91. The molecule has 1 aromatic carbocycles. The van der Waals surface area contributed by atoms with Crippen molar-refractivity contribution in [2.45, 2.75) is 18.9 Å². The Morgan fingerprint density at radius 2 is 2.41 bits per heavy atom. The van der Waals surface area contributed by atoms with E-state index in [1.807, 2.05) is 0 Å². The van der Waals surface area contributed by atoms with E-state index >= 15 is 0 Å². The van der Waals surface area contributed by atoms with Crippen molar-refractivity contribution in [1.29, 1.82) is 0 Å². The average Bonchev–Trinajstić information content (AvgIpc) is 2.80. The fraction of sp³-hybridized carbons (Fsp3) is 0.455. The lowest BCUT2D eigenvalue weighted by Gasteiger charge is -2.12. The highest BCUT2D eigenvalue weighted by Gasteiger charge is 2.17. The number of non-ortho nitro benzene ring substituents is 1. The van der Waals surface area contributed by atoms with E-state index in [2.05, 4.69) is 0 Å². The highest BCUT2D eigenvalue weighted by Crippen LogP contribution is 2.27. The molecule has 1 aromatic rings. The molecule has 2 N–H and O–H groups in total. The normalized spacial score (nSPS) is 19.2. The predicted molar refractivity (Wildman–Crippen MR) is 62.0 cm³/mol. The van der Waals surface area contributed by atoms with Gasteiger partial charge in [0.2, 0.25) is 0 Å². The van der Waals surface area contributed by atoms with Gasteiger partial charge in [-0.1, -0.05) is 0 Å². The first kappa shape index (κ1) is 11.7. The number of hydrogen-bond acceptors (Lipinski definition) is 5. The van der Waals surface area contributed by atoms with Crippen molar-refractivity contribution in [1.82, 2.24) is 0 Å². The van der Waals surface area contributed by atoms with Crippen molar-refractivity contribution in [3.63, 3.8) is 0 Å². The minimum atomic E-state index is -0.486. The molecule has 17 heavy (non-hydrogen) atoms. The Morgan fingerprint density at radius 3 is 3.00 bits per heavy atom. The van der Waals surface area contributed by atoms with Crippen LogP contribution in [-0.2, 0) is 4.74 Å². The summed E-state index contributed by atoms with van der Waals surface area (Å²) < 4.78 is 10.9. The molecule has 1 fully saturated rings. The molecule has 0 spiro atoms. The molecule has 6 nitrogen and oxygen atoms in total. The molecule has 1 unspecified atom stereocenters. The van der Waals surface area contributed by atoms with E-state index in [1.165, 1.54) is 18.2 Å². The van der Waals surface area contributed by atoms with Crippen molar-refractivity contribution in [3.05, 3.63) is 28.3 Å². The number of nitrogens with two attached hydrogens (primary N) is 1. The summed E-state index contributed by atoms with van der Waals surface area (Å²) >= 11 is 0. The number of nitro groups is 1.